The number of benzene rings is 1. The van der Waals surface area contributed by atoms with Crippen LogP contribution in [0.15, 0.2) is 35.7 Å². The van der Waals surface area contributed by atoms with Gasteiger partial charge in [-0.25, -0.2) is 9.37 Å². The average molecular weight is 399 g/mol. The summed E-state index contributed by atoms with van der Waals surface area (Å²) in [6.45, 7) is 3.07. The third-order valence-electron chi connectivity index (χ3n) is 4.75. The molecule has 0 unspecified atom stereocenters. The topological polar surface area (TPSA) is 63.9 Å². The Morgan fingerprint density at radius 1 is 1.19 bits per heavy atom. The molecule has 1 aliphatic rings. The van der Waals surface area contributed by atoms with Crippen LogP contribution < -0.4 is 0 Å². The fraction of sp³-hybridized carbons (Fsp3) is 0.222. The van der Waals surface area contributed by atoms with Gasteiger partial charge in [0.05, 0.1) is 10.7 Å². The van der Waals surface area contributed by atoms with Crippen LogP contribution in [0.3, 0.4) is 0 Å². The van der Waals surface area contributed by atoms with Crippen molar-refractivity contribution in [2.24, 2.45) is 0 Å². The van der Waals surface area contributed by atoms with E-state index in [9.17, 15) is 9.18 Å². The Balaban J connectivity index is 1.47. The van der Waals surface area contributed by atoms with Gasteiger partial charge in [-0.3, -0.25) is 4.79 Å². The summed E-state index contributed by atoms with van der Waals surface area (Å²) < 4.78 is 16.3. The molecule has 5 rings (SSSR count). The molecular formula is C18H14FN5OS2. The Labute approximate surface area is 161 Å². The zero-order valence-electron chi connectivity index (χ0n) is 14.3. The molecule has 0 fully saturated rings. The van der Waals surface area contributed by atoms with Gasteiger partial charge < -0.3 is 9.47 Å². The SMILES string of the molecule is C[C@@H]1c2nnc(-c3nc4sccc4s3)n2CCN1C(=O)c1ccc(F)cc1. The van der Waals surface area contributed by atoms with Crippen LogP contribution in [-0.4, -0.2) is 37.1 Å². The summed E-state index contributed by atoms with van der Waals surface area (Å²) in [5, 5.41) is 11.6. The predicted molar refractivity (Wildman–Crippen MR) is 102 cm³/mol. The largest absolute Gasteiger partial charge is 0.327 e. The minimum atomic E-state index is -0.356. The van der Waals surface area contributed by atoms with E-state index in [4.69, 9.17) is 0 Å². The highest BCUT2D eigenvalue weighted by Crippen LogP contribution is 2.35. The van der Waals surface area contributed by atoms with E-state index in [1.54, 1.807) is 27.6 Å². The van der Waals surface area contributed by atoms with E-state index in [0.717, 1.165) is 26.2 Å². The van der Waals surface area contributed by atoms with E-state index < -0.39 is 0 Å². The lowest BCUT2D eigenvalue weighted by Crippen LogP contribution is -2.41. The second-order valence-electron chi connectivity index (χ2n) is 6.32. The van der Waals surface area contributed by atoms with Crippen molar-refractivity contribution in [1.29, 1.82) is 0 Å². The van der Waals surface area contributed by atoms with Gasteiger partial charge >= 0.3 is 0 Å². The minimum Gasteiger partial charge on any atom is -0.327 e. The quantitative estimate of drug-likeness (QED) is 0.512. The number of carbonyl (C=O) groups excluding carboxylic acids is 1. The van der Waals surface area contributed by atoms with Gasteiger partial charge in [-0.15, -0.1) is 32.9 Å². The van der Waals surface area contributed by atoms with E-state index in [1.165, 1.54) is 24.3 Å². The lowest BCUT2D eigenvalue weighted by atomic mass is 10.1. The highest BCUT2D eigenvalue weighted by atomic mass is 32.1. The molecule has 0 bridgehead atoms. The maximum atomic E-state index is 13.1. The van der Waals surface area contributed by atoms with Crippen LogP contribution in [0.4, 0.5) is 4.39 Å². The summed E-state index contributed by atoms with van der Waals surface area (Å²) >= 11 is 3.21. The van der Waals surface area contributed by atoms with Gasteiger partial charge in [0, 0.05) is 18.7 Å². The zero-order valence-corrected chi connectivity index (χ0v) is 15.9. The lowest BCUT2D eigenvalue weighted by Gasteiger charge is -2.33. The zero-order chi connectivity index (χ0) is 18.5. The van der Waals surface area contributed by atoms with E-state index >= 15 is 0 Å². The molecule has 4 aromatic rings. The molecule has 4 heterocycles. The van der Waals surface area contributed by atoms with Crippen molar-refractivity contribution in [2.45, 2.75) is 19.5 Å². The molecule has 0 aliphatic carbocycles. The summed E-state index contributed by atoms with van der Waals surface area (Å²) in [4.78, 5) is 20.2. The van der Waals surface area contributed by atoms with Crippen LogP contribution in [0, 0.1) is 5.82 Å². The van der Waals surface area contributed by atoms with Crippen LogP contribution >= 0.6 is 22.7 Å². The van der Waals surface area contributed by atoms with Crippen molar-refractivity contribution < 1.29 is 9.18 Å². The standard InChI is InChI=1S/C18H14FN5OS2/c1-10-14-21-22-15(17-20-16-13(27-17)6-9-26-16)24(14)8-7-23(10)18(25)11-2-4-12(19)5-3-11/h2-6,9-10H,7-8H2,1H3/t10-/m1/s1. The number of fused-ring (bicyclic) bond motifs is 2. The van der Waals surface area contributed by atoms with Crippen LogP contribution in [0.1, 0.15) is 29.1 Å². The highest BCUT2D eigenvalue weighted by Gasteiger charge is 2.32. The van der Waals surface area contributed by atoms with E-state index in [-0.39, 0.29) is 17.8 Å². The number of hydrogen-bond donors (Lipinski definition) is 0. The Bertz CT molecular complexity index is 1120. The van der Waals surface area contributed by atoms with Crippen LogP contribution in [0.2, 0.25) is 0 Å². The summed E-state index contributed by atoms with van der Waals surface area (Å²) in [5.41, 5.74) is 0.469. The molecule has 1 amide bonds. The molecule has 1 aromatic carbocycles. The number of amides is 1. The minimum absolute atomic E-state index is 0.131. The highest BCUT2D eigenvalue weighted by molar-refractivity contribution is 7.27. The van der Waals surface area contributed by atoms with Gasteiger partial charge in [-0.05, 0) is 42.6 Å². The predicted octanol–water partition coefficient (Wildman–Crippen LogP) is 3.97. The normalized spacial score (nSPS) is 16.7. The molecule has 9 heteroatoms. The monoisotopic (exact) mass is 399 g/mol. The average Bonchev–Trinajstić information content (AvgIpc) is 3.36. The summed E-state index contributed by atoms with van der Waals surface area (Å²) in [6.07, 6.45) is 0. The van der Waals surface area contributed by atoms with Crippen molar-refractivity contribution in [3.63, 3.8) is 0 Å². The number of nitrogens with zero attached hydrogens (tertiary/aromatic N) is 5. The first-order valence-electron chi connectivity index (χ1n) is 8.46. The van der Waals surface area contributed by atoms with Gasteiger partial charge in [-0.1, -0.05) is 0 Å². The first kappa shape index (κ1) is 16.5. The first-order valence-corrected chi connectivity index (χ1v) is 10.2. The number of thiazole rings is 1. The van der Waals surface area contributed by atoms with Gasteiger partial charge in [0.2, 0.25) is 0 Å². The molecule has 1 aliphatic heterocycles. The van der Waals surface area contributed by atoms with Crippen LogP contribution in [-0.2, 0) is 6.54 Å². The maximum absolute atomic E-state index is 13.1. The first-order chi connectivity index (χ1) is 13.1. The number of hydrogen-bond acceptors (Lipinski definition) is 6. The smallest absolute Gasteiger partial charge is 0.254 e. The number of rotatable bonds is 2. The van der Waals surface area contributed by atoms with Crippen molar-refractivity contribution >= 4 is 38.1 Å². The van der Waals surface area contributed by atoms with Gasteiger partial charge in [0.1, 0.15) is 10.6 Å². The molecule has 0 N–H and O–H groups in total. The molecule has 0 radical (unpaired) electrons. The Morgan fingerprint density at radius 3 is 2.78 bits per heavy atom. The molecule has 0 saturated carbocycles. The lowest BCUT2D eigenvalue weighted by molar-refractivity contribution is 0.0638. The number of thiophene rings is 1. The number of halogens is 1. The summed E-state index contributed by atoms with van der Waals surface area (Å²) in [7, 11) is 0. The van der Waals surface area contributed by atoms with E-state index in [2.05, 4.69) is 21.2 Å². The molecule has 27 heavy (non-hydrogen) atoms. The van der Waals surface area contributed by atoms with Crippen LogP contribution in [0.25, 0.3) is 20.4 Å². The van der Waals surface area contributed by atoms with Crippen molar-refractivity contribution in [2.75, 3.05) is 6.54 Å². The summed E-state index contributed by atoms with van der Waals surface area (Å²) in [6, 6.07) is 7.46. The molecule has 136 valence electrons. The van der Waals surface area contributed by atoms with E-state index in [1.807, 2.05) is 16.9 Å². The van der Waals surface area contributed by atoms with Crippen molar-refractivity contribution in [1.82, 2.24) is 24.6 Å². The van der Waals surface area contributed by atoms with Gasteiger partial charge in [0.25, 0.3) is 5.91 Å². The Hall–Kier alpha value is -2.65. The molecule has 6 nitrogen and oxygen atoms in total. The Kier molecular flexibility index (Phi) is 3.80. The second kappa shape index (κ2) is 6.21. The number of aromatic nitrogens is 4. The third kappa shape index (κ3) is 2.65. The fourth-order valence-electron chi connectivity index (χ4n) is 3.34. The van der Waals surface area contributed by atoms with Crippen molar-refractivity contribution in [3.05, 3.63) is 52.9 Å². The van der Waals surface area contributed by atoms with Gasteiger partial charge in [-0.2, -0.15) is 0 Å². The van der Waals surface area contributed by atoms with Gasteiger partial charge in [0.15, 0.2) is 16.7 Å². The van der Waals surface area contributed by atoms with Crippen molar-refractivity contribution in [3.8, 4) is 10.8 Å². The third-order valence-corrected chi connectivity index (χ3v) is 6.70. The second-order valence-corrected chi connectivity index (χ2v) is 8.25. The molecule has 1 atom stereocenters. The maximum Gasteiger partial charge on any atom is 0.254 e. The van der Waals surface area contributed by atoms with E-state index in [0.29, 0.717) is 18.7 Å². The summed E-state index contributed by atoms with van der Waals surface area (Å²) in [5.74, 6) is 1.00. The number of carbonyl (C=O) groups is 1. The molecular weight excluding hydrogens is 385 g/mol. The van der Waals surface area contributed by atoms with Crippen LogP contribution in [0.5, 0.6) is 0 Å². The molecule has 0 spiro atoms. The fourth-order valence-corrected chi connectivity index (χ4v) is 5.27. The molecule has 0 saturated heterocycles. The Morgan fingerprint density at radius 2 is 2.00 bits per heavy atom. The molecule has 3 aromatic heterocycles.